The molecule has 0 aromatic heterocycles. The fourth-order valence-corrected chi connectivity index (χ4v) is 2.59. The number of hydrogen-bond acceptors (Lipinski definition) is 3. The SMILES string of the molecule is COc1ccc(C(=O)C(F)(F)C2(O)CCCCC2)cc1. The van der Waals surface area contributed by atoms with Crippen LogP contribution in [0.3, 0.4) is 0 Å². The summed E-state index contributed by atoms with van der Waals surface area (Å²) in [4.78, 5) is 12.0. The number of hydrogen-bond donors (Lipinski definition) is 1. The summed E-state index contributed by atoms with van der Waals surface area (Å²) < 4.78 is 33.6. The molecule has 20 heavy (non-hydrogen) atoms. The van der Waals surface area contributed by atoms with Gasteiger partial charge in [0.05, 0.1) is 7.11 Å². The Bertz CT molecular complexity index is 476. The number of carbonyl (C=O) groups excluding carboxylic acids is 1. The fourth-order valence-electron chi connectivity index (χ4n) is 2.59. The van der Waals surface area contributed by atoms with Gasteiger partial charge in [-0.05, 0) is 37.1 Å². The molecule has 2 rings (SSSR count). The maximum atomic E-state index is 14.3. The van der Waals surface area contributed by atoms with Crippen LogP contribution in [0.25, 0.3) is 0 Å². The minimum absolute atomic E-state index is 0.0398. The van der Waals surface area contributed by atoms with Crippen LogP contribution in [-0.4, -0.2) is 29.5 Å². The Labute approximate surface area is 116 Å². The van der Waals surface area contributed by atoms with E-state index in [-0.39, 0.29) is 18.4 Å². The third-order valence-electron chi connectivity index (χ3n) is 3.90. The Morgan fingerprint density at radius 2 is 1.75 bits per heavy atom. The van der Waals surface area contributed by atoms with Crippen molar-refractivity contribution in [2.45, 2.75) is 43.6 Å². The van der Waals surface area contributed by atoms with Gasteiger partial charge in [0.15, 0.2) is 0 Å². The van der Waals surface area contributed by atoms with Crippen LogP contribution in [-0.2, 0) is 0 Å². The lowest BCUT2D eigenvalue weighted by atomic mass is 9.77. The van der Waals surface area contributed by atoms with Crippen LogP contribution in [0.15, 0.2) is 24.3 Å². The predicted octanol–water partition coefficient (Wildman–Crippen LogP) is 3.21. The van der Waals surface area contributed by atoms with Crippen molar-refractivity contribution in [1.82, 2.24) is 0 Å². The van der Waals surface area contributed by atoms with Crippen molar-refractivity contribution in [3.8, 4) is 5.75 Å². The lowest BCUT2D eigenvalue weighted by Crippen LogP contribution is -2.54. The molecule has 110 valence electrons. The second-order valence-electron chi connectivity index (χ2n) is 5.22. The average molecular weight is 284 g/mol. The Morgan fingerprint density at radius 1 is 1.20 bits per heavy atom. The number of Topliss-reactive ketones (excluding diaryl/α,β-unsaturated/α-hetero) is 1. The smallest absolute Gasteiger partial charge is 0.337 e. The average Bonchev–Trinajstić information content (AvgIpc) is 2.47. The highest BCUT2D eigenvalue weighted by molar-refractivity contribution is 6.02. The van der Waals surface area contributed by atoms with E-state index in [4.69, 9.17) is 4.74 Å². The van der Waals surface area contributed by atoms with Crippen molar-refractivity contribution in [3.63, 3.8) is 0 Å². The monoisotopic (exact) mass is 284 g/mol. The van der Waals surface area contributed by atoms with Crippen LogP contribution in [0.2, 0.25) is 0 Å². The normalized spacial score (nSPS) is 18.6. The van der Waals surface area contributed by atoms with Gasteiger partial charge in [-0.1, -0.05) is 19.3 Å². The van der Waals surface area contributed by atoms with Gasteiger partial charge in [-0.2, -0.15) is 8.78 Å². The van der Waals surface area contributed by atoms with Crippen molar-refractivity contribution in [3.05, 3.63) is 29.8 Å². The maximum absolute atomic E-state index is 14.3. The van der Waals surface area contributed by atoms with Crippen LogP contribution in [0.4, 0.5) is 8.78 Å². The van der Waals surface area contributed by atoms with E-state index in [1.54, 1.807) is 0 Å². The highest BCUT2D eigenvalue weighted by Gasteiger charge is 2.57. The van der Waals surface area contributed by atoms with Crippen molar-refractivity contribution < 1.29 is 23.4 Å². The molecule has 0 spiro atoms. The van der Waals surface area contributed by atoms with Crippen LogP contribution < -0.4 is 4.74 Å². The van der Waals surface area contributed by atoms with E-state index in [1.807, 2.05) is 0 Å². The number of ether oxygens (including phenoxy) is 1. The van der Waals surface area contributed by atoms with Gasteiger partial charge < -0.3 is 9.84 Å². The third kappa shape index (κ3) is 2.54. The van der Waals surface area contributed by atoms with Crippen molar-refractivity contribution in [2.24, 2.45) is 0 Å². The van der Waals surface area contributed by atoms with Crippen LogP contribution in [0.5, 0.6) is 5.75 Å². The number of ketones is 1. The molecule has 0 heterocycles. The Morgan fingerprint density at radius 3 is 2.25 bits per heavy atom. The number of rotatable bonds is 4. The molecule has 1 N–H and O–H groups in total. The Kier molecular flexibility index (Phi) is 4.09. The molecule has 1 aromatic rings. The van der Waals surface area contributed by atoms with Gasteiger partial charge in [0.1, 0.15) is 11.4 Å². The van der Waals surface area contributed by atoms with E-state index in [2.05, 4.69) is 0 Å². The Balaban J connectivity index is 2.25. The molecule has 1 aliphatic carbocycles. The summed E-state index contributed by atoms with van der Waals surface area (Å²) in [6.45, 7) is 0. The molecule has 5 heteroatoms. The second kappa shape index (κ2) is 5.48. The quantitative estimate of drug-likeness (QED) is 0.864. The molecule has 1 fully saturated rings. The standard InChI is InChI=1S/C15H18F2O3/c1-20-12-7-5-11(6-8-12)13(18)15(16,17)14(19)9-3-2-4-10-14/h5-8,19H,2-4,9-10H2,1H3. The molecule has 1 aromatic carbocycles. The summed E-state index contributed by atoms with van der Waals surface area (Å²) in [5.41, 5.74) is -2.34. The highest BCUT2D eigenvalue weighted by atomic mass is 19.3. The lowest BCUT2D eigenvalue weighted by molar-refractivity contribution is -0.165. The molecule has 0 amide bonds. The topological polar surface area (TPSA) is 46.5 Å². The Hall–Kier alpha value is -1.49. The van der Waals surface area contributed by atoms with Crippen molar-refractivity contribution >= 4 is 5.78 Å². The maximum Gasteiger partial charge on any atom is 0.337 e. The van der Waals surface area contributed by atoms with Gasteiger partial charge in [-0.25, -0.2) is 0 Å². The van der Waals surface area contributed by atoms with Crippen LogP contribution >= 0.6 is 0 Å². The van der Waals surface area contributed by atoms with Gasteiger partial charge in [-0.15, -0.1) is 0 Å². The third-order valence-corrected chi connectivity index (χ3v) is 3.90. The first-order valence-corrected chi connectivity index (χ1v) is 6.70. The zero-order valence-electron chi connectivity index (χ0n) is 11.4. The van der Waals surface area contributed by atoms with Gasteiger partial charge in [0.2, 0.25) is 5.78 Å². The molecule has 0 radical (unpaired) electrons. The van der Waals surface area contributed by atoms with Crippen molar-refractivity contribution in [2.75, 3.05) is 7.11 Å². The van der Waals surface area contributed by atoms with E-state index in [9.17, 15) is 18.7 Å². The summed E-state index contributed by atoms with van der Waals surface area (Å²) in [5, 5.41) is 10.1. The molecule has 0 bridgehead atoms. The molecule has 0 aliphatic heterocycles. The first-order chi connectivity index (χ1) is 9.40. The summed E-state index contributed by atoms with van der Waals surface area (Å²) >= 11 is 0. The first kappa shape index (κ1) is 14.9. The molecular formula is C15H18F2O3. The lowest BCUT2D eigenvalue weighted by Gasteiger charge is -2.37. The second-order valence-corrected chi connectivity index (χ2v) is 5.22. The first-order valence-electron chi connectivity index (χ1n) is 6.70. The van der Waals surface area contributed by atoms with E-state index < -0.39 is 17.3 Å². The minimum atomic E-state index is -3.76. The molecule has 1 aliphatic rings. The number of methoxy groups -OCH3 is 1. The number of alkyl halides is 2. The summed E-state index contributed by atoms with van der Waals surface area (Å²) in [6.07, 6.45) is 1.77. The predicted molar refractivity (Wildman–Crippen MR) is 70.3 cm³/mol. The van der Waals surface area contributed by atoms with Crippen LogP contribution in [0, 0.1) is 0 Å². The fraction of sp³-hybridized carbons (Fsp3) is 0.533. The van der Waals surface area contributed by atoms with Crippen molar-refractivity contribution in [1.29, 1.82) is 0 Å². The van der Waals surface area contributed by atoms with Gasteiger partial charge in [-0.3, -0.25) is 4.79 Å². The van der Waals surface area contributed by atoms with Gasteiger partial charge in [0, 0.05) is 5.56 Å². The number of aliphatic hydroxyl groups is 1. The highest BCUT2D eigenvalue weighted by Crippen LogP contribution is 2.42. The summed E-state index contributed by atoms with van der Waals surface area (Å²) in [5.74, 6) is -4.60. The molecule has 1 saturated carbocycles. The van der Waals surface area contributed by atoms with E-state index in [0.29, 0.717) is 18.6 Å². The van der Waals surface area contributed by atoms with E-state index >= 15 is 0 Å². The zero-order chi connectivity index (χ0) is 14.8. The van der Waals surface area contributed by atoms with E-state index in [1.165, 1.54) is 31.4 Å². The minimum Gasteiger partial charge on any atom is -0.497 e. The largest absolute Gasteiger partial charge is 0.497 e. The molecule has 0 atom stereocenters. The number of benzene rings is 1. The zero-order valence-corrected chi connectivity index (χ0v) is 11.4. The summed E-state index contributed by atoms with van der Waals surface area (Å²) in [6, 6.07) is 5.49. The molecule has 0 saturated heterocycles. The molecular weight excluding hydrogens is 266 g/mol. The van der Waals surface area contributed by atoms with Gasteiger partial charge >= 0.3 is 5.92 Å². The van der Waals surface area contributed by atoms with E-state index in [0.717, 1.165) is 6.42 Å². The van der Waals surface area contributed by atoms with Crippen LogP contribution in [0.1, 0.15) is 42.5 Å². The number of carbonyl (C=O) groups is 1. The summed E-state index contributed by atoms with van der Waals surface area (Å²) in [7, 11) is 1.45. The number of halogens is 2. The molecule has 3 nitrogen and oxygen atoms in total. The van der Waals surface area contributed by atoms with Gasteiger partial charge in [0.25, 0.3) is 0 Å². The molecule has 0 unspecified atom stereocenters.